The second-order valence-electron chi connectivity index (χ2n) is 7.85. The Balaban J connectivity index is 1.50. The smallest absolute Gasteiger partial charge is 0.271 e. The number of benzene rings is 2. The average Bonchev–Trinajstić information content (AvgIpc) is 3.40. The van der Waals surface area contributed by atoms with Gasteiger partial charge in [-0.3, -0.25) is 9.59 Å². The second-order valence-corrected chi connectivity index (χ2v) is 8.71. The van der Waals surface area contributed by atoms with Crippen LogP contribution in [0.1, 0.15) is 40.0 Å². The number of aryl methyl sites for hydroxylation is 2. The monoisotopic (exact) mass is 419 g/mol. The minimum atomic E-state index is -0.633. The minimum absolute atomic E-state index is 0.139. The Kier molecular flexibility index (Phi) is 5.95. The van der Waals surface area contributed by atoms with Crippen molar-refractivity contribution in [2.45, 2.75) is 45.2 Å². The molecule has 3 aromatic rings. The number of amides is 2. The molecule has 5 nitrogen and oxygen atoms in total. The van der Waals surface area contributed by atoms with Gasteiger partial charge in [0.1, 0.15) is 16.7 Å². The fourth-order valence-corrected chi connectivity index (χ4v) is 4.27. The summed E-state index contributed by atoms with van der Waals surface area (Å²) in [6.07, 6.45) is 2.45. The Bertz CT molecular complexity index is 1060. The maximum absolute atomic E-state index is 12.9. The summed E-state index contributed by atoms with van der Waals surface area (Å²) in [5, 5.41) is 8.46. The highest BCUT2D eigenvalue weighted by Crippen LogP contribution is 2.27. The number of nitrogens with one attached hydrogen (secondary N) is 2. The van der Waals surface area contributed by atoms with Crippen LogP contribution in [0.5, 0.6) is 0 Å². The lowest BCUT2D eigenvalue weighted by Gasteiger charge is -2.18. The maximum Gasteiger partial charge on any atom is 0.271 e. The number of rotatable bonds is 7. The molecule has 0 saturated heterocycles. The maximum atomic E-state index is 12.9. The molecule has 1 aliphatic rings. The molecule has 1 saturated carbocycles. The highest BCUT2D eigenvalue weighted by atomic mass is 32.1. The standard InChI is InChI=1S/C24H25N3O2S/c1-15-8-11-19(16(2)12-15)24-27-21(14-30-24)23(29)26-20(22(28)25-18-9-10-18)13-17-6-4-3-5-7-17/h3-8,11-12,14,18,20H,9-10,13H2,1-2H3,(H,25,28)(H,26,29). The Morgan fingerprint density at radius 3 is 2.60 bits per heavy atom. The molecule has 30 heavy (non-hydrogen) atoms. The number of thiazole rings is 1. The van der Waals surface area contributed by atoms with Crippen LogP contribution in [-0.2, 0) is 11.2 Å². The summed E-state index contributed by atoms with van der Waals surface area (Å²) in [6.45, 7) is 4.10. The van der Waals surface area contributed by atoms with Crippen molar-refractivity contribution in [2.24, 2.45) is 0 Å². The number of hydrogen-bond acceptors (Lipinski definition) is 4. The lowest BCUT2D eigenvalue weighted by molar-refractivity contribution is -0.123. The molecule has 1 aliphatic carbocycles. The van der Waals surface area contributed by atoms with Crippen LogP contribution in [0, 0.1) is 13.8 Å². The van der Waals surface area contributed by atoms with Crippen molar-refractivity contribution in [1.29, 1.82) is 0 Å². The number of nitrogens with zero attached hydrogens (tertiary/aromatic N) is 1. The van der Waals surface area contributed by atoms with Crippen molar-refractivity contribution in [3.05, 3.63) is 76.3 Å². The van der Waals surface area contributed by atoms with Crippen molar-refractivity contribution in [2.75, 3.05) is 0 Å². The van der Waals surface area contributed by atoms with Crippen LogP contribution in [0.15, 0.2) is 53.9 Å². The molecule has 1 fully saturated rings. The predicted molar refractivity (Wildman–Crippen MR) is 120 cm³/mol. The van der Waals surface area contributed by atoms with Gasteiger partial charge in [0, 0.05) is 23.4 Å². The van der Waals surface area contributed by atoms with Crippen LogP contribution in [0.3, 0.4) is 0 Å². The van der Waals surface area contributed by atoms with Crippen LogP contribution in [0.25, 0.3) is 10.6 Å². The zero-order valence-corrected chi connectivity index (χ0v) is 18.0. The fourth-order valence-electron chi connectivity index (χ4n) is 3.38. The second kappa shape index (κ2) is 8.79. The lowest BCUT2D eigenvalue weighted by Crippen LogP contribution is -2.48. The third kappa shape index (κ3) is 4.94. The molecule has 0 spiro atoms. The van der Waals surface area contributed by atoms with Crippen LogP contribution in [0.4, 0.5) is 0 Å². The minimum Gasteiger partial charge on any atom is -0.352 e. The highest BCUT2D eigenvalue weighted by molar-refractivity contribution is 7.13. The summed E-state index contributed by atoms with van der Waals surface area (Å²) in [4.78, 5) is 30.2. The first-order valence-electron chi connectivity index (χ1n) is 10.2. The zero-order chi connectivity index (χ0) is 21.1. The van der Waals surface area contributed by atoms with Crippen molar-refractivity contribution < 1.29 is 9.59 Å². The highest BCUT2D eigenvalue weighted by Gasteiger charge is 2.29. The Morgan fingerprint density at radius 2 is 1.90 bits per heavy atom. The molecule has 0 bridgehead atoms. The average molecular weight is 420 g/mol. The number of carbonyl (C=O) groups excluding carboxylic acids is 2. The first-order chi connectivity index (χ1) is 14.5. The van der Waals surface area contributed by atoms with E-state index < -0.39 is 6.04 Å². The molecule has 2 amide bonds. The van der Waals surface area contributed by atoms with Gasteiger partial charge in [-0.1, -0.05) is 54.1 Å². The van der Waals surface area contributed by atoms with Gasteiger partial charge in [-0.2, -0.15) is 0 Å². The molecule has 1 heterocycles. The molecule has 2 N–H and O–H groups in total. The van der Waals surface area contributed by atoms with E-state index in [0.29, 0.717) is 12.1 Å². The molecular formula is C24H25N3O2S. The molecule has 1 unspecified atom stereocenters. The van der Waals surface area contributed by atoms with Gasteiger partial charge in [0.2, 0.25) is 5.91 Å². The molecule has 0 aliphatic heterocycles. The molecule has 1 atom stereocenters. The van der Waals surface area contributed by atoms with Gasteiger partial charge >= 0.3 is 0 Å². The third-order valence-electron chi connectivity index (χ3n) is 5.18. The number of carbonyl (C=O) groups is 2. The number of aromatic nitrogens is 1. The van der Waals surface area contributed by atoms with Gasteiger partial charge in [-0.05, 0) is 37.8 Å². The molecule has 0 radical (unpaired) electrons. The van der Waals surface area contributed by atoms with E-state index in [1.165, 1.54) is 16.9 Å². The summed E-state index contributed by atoms with van der Waals surface area (Å²) in [7, 11) is 0. The van der Waals surface area contributed by atoms with Crippen molar-refractivity contribution in [3.8, 4) is 10.6 Å². The Morgan fingerprint density at radius 1 is 1.13 bits per heavy atom. The largest absolute Gasteiger partial charge is 0.352 e. The van der Waals surface area contributed by atoms with E-state index in [1.807, 2.05) is 49.4 Å². The fraction of sp³-hybridized carbons (Fsp3) is 0.292. The van der Waals surface area contributed by atoms with E-state index in [9.17, 15) is 9.59 Å². The van der Waals surface area contributed by atoms with Crippen molar-refractivity contribution in [1.82, 2.24) is 15.6 Å². The van der Waals surface area contributed by atoms with Crippen LogP contribution in [-0.4, -0.2) is 28.9 Å². The summed E-state index contributed by atoms with van der Waals surface area (Å²) < 4.78 is 0. The first kappa shape index (κ1) is 20.3. The van der Waals surface area contributed by atoms with Gasteiger partial charge in [-0.25, -0.2) is 4.98 Å². The van der Waals surface area contributed by atoms with E-state index in [2.05, 4.69) is 28.6 Å². The van der Waals surface area contributed by atoms with Crippen molar-refractivity contribution >= 4 is 23.2 Å². The quantitative estimate of drug-likeness (QED) is 0.607. The summed E-state index contributed by atoms with van der Waals surface area (Å²) in [5.74, 6) is -0.464. The van der Waals surface area contributed by atoms with Gasteiger partial charge < -0.3 is 10.6 Å². The first-order valence-corrected chi connectivity index (χ1v) is 11.1. The summed E-state index contributed by atoms with van der Waals surface area (Å²) in [5.41, 5.74) is 4.69. The van der Waals surface area contributed by atoms with E-state index in [1.54, 1.807) is 5.38 Å². The summed E-state index contributed by atoms with van der Waals surface area (Å²) in [6, 6.07) is 15.5. The van der Waals surface area contributed by atoms with Gasteiger partial charge in [0.15, 0.2) is 0 Å². The molecule has 6 heteroatoms. The lowest BCUT2D eigenvalue weighted by atomic mass is 10.0. The SMILES string of the molecule is Cc1ccc(-c2nc(C(=O)NC(Cc3ccccc3)C(=O)NC3CC3)cs2)c(C)c1. The van der Waals surface area contributed by atoms with Gasteiger partial charge in [0.05, 0.1) is 0 Å². The summed E-state index contributed by atoms with van der Waals surface area (Å²) >= 11 is 1.44. The van der Waals surface area contributed by atoms with Crippen LogP contribution >= 0.6 is 11.3 Å². The Hall–Kier alpha value is -2.99. The molecule has 2 aromatic carbocycles. The van der Waals surface area contributed by atoms with E-state index in [-0.39, 0.29) is 17.9 Å². The van der Waals surface area contributed by atoms with E-state index >= 15 is 0 Å². The normalized spacial score (nSPS) is 14.2. The van der Waals surface area contributed by atoms with Crippen molar-refractivity contribution in [3.63, 3.8) is 0 Å². The Labute approximate surface area is 180 Å². The zero-order valence-electron chi connectivity index (χ0n) is 17.1. The van der Waals surface area contributed by atoms with Gasteiger partial charge in [0.25, 0.3) is 5.91 Å². The van der Waals surface area contributed by atoms with Crippen LogP contribution < -0.4 is 10.6 Å². The van der Waals surface area contributed by atoms with E-state index in [0.717, 1.165) is 34.5 Å². The van der Waals surface area contributed by atoms with Gasteiger partial charge in [-0.15, -0.1) is 11.3 Å². The molecule has 1 aromatic heterocycles. The molecule has 4 rings (SSSR count). The molecule has 154 valence electrons. The predicted octanol–water partition coefficient (Wildman–Crippen LogP) is 4.05. The topological polar surface area (TPSA) is 71.1 Å². The number of hydrogen-bond donors (Lipinski definition) is 2. The van der Waals surface area contributed by atoms with E-state index in [4.69, 9.17) is 0 Å². The third-order valence-corrected chi connectivity index (χ3v) is 6.05. The van der Waals surface area contributed by atoms with Crippen LogP contribution in [0.2, 0.25) is 0 Å². The molecular weight excluding hydrogens is 394 g/mol.